The normalized spacial score (nSPS) is 15.5. The summed E-state index contributed by atoms with van der Waals surface area (Å²) in [7, 11) is 0. The number of benzene rings is 2. The SMILES string of the molecule is CCCCOc1ccccc1C(=O)NCC(c1ccc(CC)cc1)N1CCCCC1. The summed E-state index contributed by atoms with van der Waals surface area (Å²) >= 11 is 0. The van der Waals surface area contributed by atoms with Gasteiger partial charge in [-0.3, -0.25) is 9.69 Å². The fraction of sp³-hybridized carbons (Fsp3) is 0.500. The number of likely N-dealkylation sites (tertiary alicyclic amines) is 1. The van der Waals surface area contributed by atoms with E-state index < -0.39 is 0 Å². The van der Waals surface area contributed by atoms with Gasteiger partial charge in [-0.25, -0.2) is 0 Å². The van der Waals surface area contributed by atoms with Gasteiger partial charge in [0.1, 0.15) is 5.75 Å². The maximum atomic E-state index is 13.0. The number of nitrogens with zero attached hydrogens (tertiary/aromatic N) is 1. The topological polar surface area (TPSA) is 41.6 Å². The van der Waals surface area contributed by atoms with Gasteiger partial charge < -0.3 is 10.1 Å². The molecule has 1 amide bonds. The summed E-state index contributed by atoms with van der Waals surface area (Å²) in [6.07, 6.45) is 6.85. The van der Waals surface area contributed by atoms with E-state index in [1.165, 1.54) is 30.4 Å². The molecule has 4 nitrogen and oxygen atoms in total. The molecular weight excluding hydrogens is 372 g/mol. The molecule has 1 saturated heterocycles. The average Bonchev–Trinajstić information content (AvgIpc) is 2.80. The standard InChI is InChI=1S/C26H36N2O2/c1-3-5-19-30-25-12-8-7-11-23(25)26(29)27-20-24(28-17-9-6-10-18-28)22-15-13-21(4-2)14-16-22/h7-8,11-16,24H,3-6,9-10,17-20H2,1-2H3,(H,27,29). The first kappa shape index (κ1) is 22.4. The number of aryl methyl sites for hydroxylation is 1. The summed E-state index contributed by atoms with van der Waals surface area (Å²) in [5.41, 5.74) is 3.24. The molecule has 1 fully saturated rings. The lowest BCUT2D eigenvalue weighted by Gasteiger charge is -2.35. The first-order chi connectivity index (χ1) is 14.7. The van der Waals surface area contributed by atoms with Gasteiger partial charge >= 0.3 is 0 Å². The molecule has 0 spiro atoms. The molecule has 0 bridgehead atoms. The number of piperidine rings is 1. The molecule has 162 valence electrons. The van der Waals surface area contributed by atoms with Crippen LogP contribution < -0.4 is 10.1 Å². The number of unbranched alkanes of at least 4 members (excludes halogenated alkanes) is 1. The van der Waals surface area contributed by atoms with Crippen LogP contribution in [0.4, 0.5) is 0 Å². The molecule has 1 aliphatic rings. The molecule has 0 aliphatic carbocycles. The van der Waals surface area contributed by atoms with Crippen molar-refractivity contribution < 1.29 is 9.53 Å². The lowest BCUT2D eigenvalue weighted by molar-refractivity contribution is 0.0920. The number of ether oxygens (including phenoxy) is 1. The zero-order valence-electron chi connectivity index (χ0n) is 18.5. The van der Waals surface area contributed by atoms with Gasteiger partial charge in [0, 0.05) is 6.54 Å². The zero-order chi connectivity index (χ0) is 21.2. The Morgan fingerprint density at radius 1 is 1.03 bits per heavy atom. The lowest BCUT2D eigenvalue weighted by atomic mass is 9.99. The third-order valence-electron chi connectivity index (χ3n) is 5.95. The summed E-state index contributed by atoms with van der Waals surface area (Å²) in [6, 6.07) is 16.6. The average molecular weight is 409 g/mol. The number of nitrogens with one attached hydrogen (secondary N) is 1. The summed E-state index contributed by atoms with van der Waals surface area (Å²) < 4.78 is 5.86. The van der Waals surface area contributed by atoms with Crippen LogP contribution in [0.3, 0.4) is 0 Å². The molecule has 1 heterocycles. The largest absolute Gasteiger partial charge is 0.493 e. The van der Waals surface area contributed by atoms with Crippen LogP contribution in [0.1, 0.15) is 73.5 Å². The second-order valence-corrected chi connectivity index (χ2v) is 8.12. The summed E-state index contributed by atoms with van der Waals surface area (Å²) in [4.78, 5) is 15.5. The van der Waals surface area contributed by atoms with Crippen molar-refractivity contribution in [2.45, 2.75) is 58.4 Å². The van der Waals surface area contributed by atoms with Crippen LogP contribution in [0.25, 0.3) is 0 Å². The van der Waals surface area contributed by atoms with Gasteiger partial charge in [0.15, 0.2) is 0 Å². The summed E-state index contributed by atoms with van der Waals surface area (Å²) in [5, 5.41) is 3.19. The number of carbonyl (C=O) groups excluding carboxylic acids is 1. The molecule has 0 radical (unpaired) electrons. The monoisotopic (exact) mass is 408 g/mol. The van der Waals surface area contributed by atoms with E-state index in [0.717, 1.165) is 32.4 Å². The molecule has 1 atom stereocenters. The van der Waals surface area contributed by atoms with Crippen LogP contribution >= 0.6 is 0 Å². The highest BCUT2D eigenvalue weighted by molar-refractivity contribution is 5.96. The molecule has 1 N–H and O–H groups in total. The van der Waals surface area contributed by atoms with E-state index in [1.807, 2.05) is 24.3 Å². The van der Waals surface area contributed by atoms with E-state index in [2.05, 4.69) is 48.3 Å². The van der Waals surface area contributed by atoms with Crippen LogP contribution in [0.2, 0.25) is 0 Å². The highest BCUT2D eigenvalue weighted by Crippen LogP contribution is 2.25. The van der Waals surface area contributed by atoms with E-state index in [1.54, 1.807) is 0 Å². The molecule has 2 aromatic rings. The molecule has 30 heavy (non-hydrogen) atoms. The minimum absolute atomic E-state index is 0.0608. The van der Waals surface area contributed by atoms with Crippen molar-refractivity contribution in [1.29, 1.82) is 0 Å². The van der Waals surface area contributed by atoms with Crippen LogP contribution in [0.5, 0.6) is 5.75 Å². The Kier molecular flexibility index (Phi) is 8.76. The van der Waals surface area contributed by atoms with Crippen LogP contribution in [-0.4, -0.2) is 37.0 Å². The van der Waals surface area contributed by atoms with Gasteiger partial charge in [0.05, 0.1) is 18.2 Å². The van der Waals surface area contributed by atoms with Crippen molar-refractivity contribution >= 4 is 5.91 Å². The van der Waals surface area contributed by atoms with Gasteiger partial charge in [0.25, 0.3) is 5.91 Å². The Hall–Kier alpha value is -2.33. The van der Waals surface area contributed by atoms with Crippen molar-refractivity contribution in [3.8, 4) is 5.75 Å². The highest BCUT2D eigenvalue weighted by atomic mass is 16.5. The van der Waals surface area contributed by atoms with E-state index >= 15 is 0 Å². The van der Waals surface area contributed by atoms with E-state index in [0.29, 0.717) is 24.5 Å². The smallest absolute Gasteiger partial charge is 0.255 e. The third kappa shape index (κ3) is 6.09. The maximum Gasteiger partial charge on any atom is 0.255 e. The fourth-order valence-electron chi connectivity index (χ4n) is 4.05. The molecular formula is C26H36N2O2. The predicted octanol–water partition coefficient (Wildman–Crippen LogP) is 5.38. The van der Waals surface area contributed by atoms with Crippen molar-refractivity contribution in [3.05, 3.63) is 65.2 Å². The molecule has 0 saturated carbocycles. The number of carbonyl (C=O) groups is 1. The van der Waals surface area contributed by atoms with Crippen LogP contribution in [0, 0.1) is 0 Å². The Morgan fingerprint density at radius 3 is 2.47 bits per heavy atom. The first-order valence-electron chi connectivity index (χ1n) is 11.6. The van der Waals surface area contributed by atoms with Crippen molar-refractivity contribution in [2.75, 3.05) is 26.2 Å². The Bertz CT molecular complexity index is 782. The zero-order valence-corrected chi connectivity index (χ0v) is 18.5. The maximum absolute atomic E-state index is 13.0. The number of para-hydroxylation sites is 1. The van der Waals surface area contributed by atoms with E-state index in [-0.39, 0.29) is 11.9 Å². The molecule has 1 unspecified atom stereocenters. The number of rotatable bonds is 10. The first-order valence-corrected chi connectivity index (χ1v) is 11.6. The van der Waals surface area contributed by atoms with Gasteiger partial charge in [-0.1, -0.05) is 63.1 Å². The lowest BCUT2D eigenvalue weighted by Crippen LogP contribution is -2.40. The predicted molar refractivity (Wildman–Crippen MR) is 123 cm³/mol. The van der Waals surface area contributed by atoms with Crippen molar-refractivity contribution in [3.63, 3.8) is 0 Å². The van der Waals surface area contributed by atoms with Gasteiger partial charge in [-0.05, 0) is 62.0 Å². The van der Waals surface area contributed by atoms with Crippen LogP contribution in [-0.2, 0) is 6.42 Å². The Morgan fingerprint density at radius 2 is 1.77 bits per heavy atom. The van der Waals surface area contributed by atoms with Gasteiger partial charge in [0.2, 0.25) is 0 Å². The molecule has 4 heteroatoms. The molecule has 3 rings (SSSR count). The highest BCUT2D eigenvalue weighted by Gasteiger charge is 2.23. The van der Waals surface area contributed by atoms with Gasteiger partial charge in [-0.15, -0.1) is 0 Å². The van der Waals surface area contributed by atoms with Crippen LogP contribution in [0.15, 0.2) is 48.5 Å². The second kappa shape index (κ2) is 11.8. The van der Waals surface area contributed by atoms with Crippen molar-refractivity contribution in [1.82, 2.24) is 10.2 Å². The minimum Gasteiger partial charge on any atom is -0.493 e. The fourth-order valence-corrected chi connectivity index (χ4v) is 4.05. The van der Waals surface area contributed by atoms with Crippen molar-refractivity contribution in [2.24, 2.45) is 0 Å². The quantitative estimate of drug-likeness (QED) is 0.536. The summed E-state index contributed by atoms with van der Waals surface area (Å²) in [5.74, 6) is 0.611. The van der Waals surface area contributed by atoms with E-state index in [4.69, 9.17) is 4.74 Å². The molecule has 1 aliphatic heterocycles. The second-order valence-electron chi connectivity index (χ2n) is 8.12. The third-order valence-corrected chi connectivity index (χ3v) is 5.95. The number of amides is 1. The molecule has 2 aromatic carbocycles. The Labute approximate surface area is 181 Å². The Balaban J connectivity index is 1.71. The van der Waals surface area contributed by atoms with Gasteiger partial charge in [-0.2, -0.15) is 0 Å². The minimum atomic E-state index is -0.0608. The number of hydrogen-bond acceptors (Lipinski definition) is 3. The summed E-state index contributed by atoms with van der Waals surface area (Å²) in [6.45, 7) is 7.74. The van der Waals surface area contributed by atoms with E-state index in [9.17, 15) is 4.79 Å². The molecule has 0 aromatic heterocycles. The number of hydrogen-bond donors (Lipinski definition) is 1.